The van der Waals surface area contributed by atoms with Crippen molar-refractivity contribution in [1.29, 1.82) is 0 Å². The lowest BCUT2D eigenvalue weighted by Crippen LogP contribution is -3.29. The first-order valence-corrected chi connectivity index (χ1v) is 10.9. The van der Waals surface area contributed by atoms with E-state index in [-0.39, 0.29) is 5.54 Å². The minimum absolute atomic E-state index is 0.0234. The average Bonchev–Trinajstić information content (AvgIpc) is 3.31. The molecule has 0 aromatic carbocycles. The molecule has 0 unspecified atom stereocenters. The second-order valence-corrected chi connectivity index (χ2v) is 9.59. The maximum atomic E-state index is 4.53. The van der Waals surface area contributed by atoms with Crippen molar-refractivity contribution in [2.75, 3.05) is 26.2 Å². The molecule has 2 N–H and O–H groups in total. The van der Waals surface area contributed by atoms with Crippen molar-refractivity contribution in [1.82, 2.24) is 20.2 Å². The third-order valence-corrected chi connectivity index (χ3v) is 6.91. The minimum atomic E-state index is -0.0234. The molecule has 1 saturated carbocycles. The maximum Gasteiger partial charge on any atom is 0.209 e. The van der Waals surface area contributed by atoms with Gasteiger partial charge in [-0.3, -0.25) is 0 Å². The van der Waals surface area contributed by atoms with E-state index < -0.39 is 0 Å². The number of nitrogens with zero attached hydrogens (tertiary/aromatic N) is 4. The van der Waals surface area contributed by atoms with Gasteiger partial charge in [0.05, 0.1) is 11.6 Å². The van der Waals surface area contributed by atoms with Crippen molar-refractivity contribution >= 4 is 0 Å². The lowest BCUT2D eigenvalue weighted by molar-refractivity contribution is -1.04. The SMILES string of the molecule is CCC(C)(C)n1nnnc1[C@@H](CC(C)C)[NH+]1CC[NH+](C2CCCC2)CC1. The van der Waals surface area contributed by atoms with Gasteiger partial charge in [-0.2, -0.15) is 0 Å². The molecule has 0 spiro atoms. The molecule has 6 nitrogen and oxygen atoms in total. The van der Waals surface area contributed by atoms with Crippen LogP contribution in [-0.4, -0.2) is 52.4 Å². The molecule has 3 rings (SSSR count). The van der Waals surface area contributed by atoms with Gasteiger partial charge in [-0.25, -0.2) is 4.68 Å². The summed E-state index contributed by atoms with van der Waals surface area (Å²) in [6, 6.07) is 1.35. The highest BCUT2D eigenvalue weighted by atomic mass is 15.6. The Morgan fingerprint density at radius 2 is 1.77 bits per heavy atom. The highest BCUT2D eigenvalue weighted by Crippen LogP contribution is 2.24. The molecular weight excluding hydrogens is 324 g/mol. The van der Waals surface area contributed by atoms with Crippen molar-refractivity contribution in [3.05, 3.63) is 5.82 Å². The fourth-order valence-electron chi connectivity index (χ4n) is 4.90. The van der Waals surface area contributed by atoms with Gasteiger partial charge in [0.2, 0.25) is 5.82 Å². The van der Waals surface area contributed by atoms with Crippen LogP contribution in [0.4, 0.5) is 0 Å². The Balaban J connectivity index is 1.74. The molecule has 2 heterocycles. The fraction of sp³-hybridized carbons (Fsp3) is 0.950. The molecule has 1 aliphatic carbocycles. The lowest BCUT2D eigenvalue weighted by Gasteiger charge is -2.37. The molecule has 148 valence electrons. The fourth-order valence-corrected chi connectivity index (χ4v) is 4.90. The molecule has 1 aromatic heterocycles. The van der Waals surface area contributed by atoms with Crippen molar-refractivity contribution < 1.29 is 9.80 Å². The molecule has 0 bridgehead atoms. The predicted molar refractivity (Wildman–Crippen MR) is 103 cm³/mol. The van der Waals surface area contributed by atoms with Crippen LogP contribution in [0.25, 0.3) is 0 Å². The molecule has 1 atom stereocenters. The van der Waals surface area contributed by atoms with Gasteiger partial charge in [0, 0.05) is 6.42 Å². The van der Waals surface area contributed by atoms with E-state index in [9.17, 15) is 0 Å². The van der Waals surface area contributed by atoms with E-state index >= 15 is 0 Å². The van der Waals surface area contributed by atoms with Gasteiger partial charge in [-0.15, -0.1) is 5.10 Å². The Morgan fingerprint density at radius 3 is 2.35 bits per heavy atom. The van der Waals surface area contributed by atoms with Gasteiger partial charge in [0.15, 0.2) is 6.04 Å². The normalized spacial score (nSPS) is 26.5. The molecule has 2 aliphatic rings. The predicted octanol–water partition coefficient (Wildman–Crippen LogP) is 0.631. The number of aromatic nitrogens is 4. The van der Waals surface area contributed by atoms with Crippen LogP contribution in [0.2, 0.25) is 0 Å². The summed E-state index contributed by atoms with van der Waals surface area (Å²) in [4.78, 5) is 3.56. The molecule has 6 heteroatoms. The number of rotatable bonds is 7. The Kier molecular flexibility index (Phi) is 6.33. The minimum Gasteiger partial charge on any atom is -0.323 e. The van der Waals surface area contributed by atoms with Crippen molar-refractivity contribution in [3.63, 3.8) is 0 Å². The van der Waals surface area contributed by atoms with Crippen LogP contribution in [0.3, 0.4) is 0 Å². The van der Waals surface area contributed by atoms with E-state index in [1.54, 1.807) is 4.90 Å². The van der Waals surface area contributed by atoms with E-state index in [1.165, 1.54) is 51.9 Å². The van der Waals surface area contributed by atoms with Crippen molar-refractivity contribution in [2.24, 2.45) is 5.92 Å². The summed E-state index contributed by atoms with van der Waals surface area (Å²) in [7, 11) is 0. The van der Waals surface area contributed by atoms with E-state index in [2.05, 4.69) is 54.8 Å². The summed E-state index contributed by atoms with van der Waals surface area (Å²) in [6.45, 7) is 16.5. The van der Waals surface area contributed by atoms with E-state index in [1.807, 2.05) is 4.90 Å². The largest absolute Gasteiger partial charge is 0.323 e. The lowest BCUT2D eigenvalue weighted by atomic mass is 9.98. The van der Waals surface area contributed by atoms with Gasteiger partial charge in [-0.05, 0) is 62.3 Å². The summed E-state index contributed by atoms with van der Waals surface area (Å²) in [5.74, 6) is 1.76. The summed E-state index contributed by atoms with van der Waals surface area (Å²) in [6.07, 6.45) is 7.98. The molecule has 0 amide bonds. The standard InChI is InChI=1S/C20H38N6/c1-6-20(4,5)26-19(21-22-23-26)18(15-16(2)3)25-13-11-24(12-14-25)17-9-7-8-10-17/h16-18H,6-15H2,1-5H3/p+2/t18-/m1/s1. The Morgan fingerprint density at radius 1 is 1.12 bits per heavy atom. The first-order chi connectivity index (χ1) is 12.4. The van der Waals surface area contributed by atoms with Crippen LogP contribution in [0, 0.1) is 5.92 Å². The Hall–Kier alpha value is -1.01. The molecule has 1 aromatic rings. The number of tetrazole rings is 1. The second-order valence-electron chi connectivity index (χ2n) is 9.59. The van der Waals surface area contributed by atoms with Crippen molar-refractivity contribution in [3.8, 4) is 0 Å². The summed E-state index contributed by atoms with van der Waals surface area (Å²) < 4.78 is 2.11. The van der Waals surface area contributed by atoms with Crippen LogP contribution in [0.15, 0.2) is 0 Å². The summed E-state index contributed by atoms with van der Waals surface area (Å²) in [5, 5.41) is 13.0. The molecule has 26 heavy (non-hydrogen) atoms. The van der Waals surface area contributed by atoms with E-state index in [0.717, 1.165) is 24.7 Å². The highest BCUT2D eigenvalue weighted by molar-refractivity contribution is 4.93. The van der Waals surface area contributed by atoms with E-state index in [0.29, 0.717) is 12.0 Å². The zero-order valence-electron chi connectivity index (χ0n) is 17.6. The van der Waals surface area contributed by atoms with Gasteiger partial charge >= 0.3 is 0 Å². The van der Waals surface area contributed by atoms with Crippen LogP contribution < -0.4 is 9.80 Å². The molecule has 1 saturated heterocycles. The molecule has 1 aliphatic heterocycles. The Bertz CT molecular complexity index is 552. The van der Waals surface area contributed by atoms with Crippen LogP contribution in [0.1, 0.15) is 85.0 Å². The van der Waals surface area contributed by atoms with E-state index in [4.69, 9.17) is 0 Å². The zero-order chi connectivity index (χ0) is 18.7. The molecule has 2 fully saturated rings. The topological polar surface area (TPSA) is 52.5 Å². The summed E-state index contributed by atoms with van der Waals surface area (Å²) in [5.41, 5.74) is -0.0234. The highest BCUT2D eigenvalue weighted by Gasteiger charge is 2.38. The second kappa shape index (κ2) is 8.34. The van der Waals surface area contributed by atoms with Crippen LogP contribution >= 0.6 is 0 Å². The average molecular weight is 365 g/mol. The first kappa shape index (κ1) is 19.7. The number of hydrogen-bond donors (Lipinski definition) is 2. The van der Waals surface area contributed by atoms with Crippen molar-refractivity contribution in [2.45, 2.75) is 90.8 Å². The van der Waals surface area contributed by atoms with Gasteiger partial charge in [0.25, 0.3) is 0 Å². The third-order valence-electron chi connectivity index (χ3n) is 6.91. The van der Waals surface area contributed by atoms with Crippen LogP contribution in [-0.2, 0) is 5.54 Å². The number of hydrogen-bond acceptors (Lipinski definition) is 3. The van der Waals surface area contributed by atoms with Gasteiger partial charge in [0.1, 0.15) is 26.2 Å². The third kappa shape index (κ3) is 4.28. The first-order valence-electron chi connectivity index (χ1n) is 10.9. The van der Waals surface area contributed by atoms with Gasteiger partial charge in [-0.1, -0.05) is 20.8 Å². The summed E-state index contributed by atoms with van der Waals surface area (Å²) >= 11 is 0. The van der Waals surface area contributed by atoms with Crippen LogP contribution in [0.5, 0.6) is 0 Å². The smallest absolute Gasteiger partial charge is 0.209 e. The quantitative estimate of drug-likeness (QED) is 0.746. The number of piperazine rings is 1. The van der Waals surface area contributed by atoms with Gasteiger partial charge < -0.3 is 9.80 Å². The molecule has 0 radical (unpaired) electrons. The Labute approximate surface area is 159 Å². The zero-order valence-corrected chi connectivity index (χ0v) is 17.6. The maximum absolute atomic E-state index is 4.53. The number of nitrogens with one attached hydrogen (secondary N) is 2. The molecular formula is C20H40N6+2. The number of quaternary nitrogens is 2. The monoisotopic (exact) mass is 364 g/mol.